The molecule has 0 aromatic carbocycles. The molecule has 34 heavy (non-hydrogen) atoms. The van der Waals surface area contributed by atoms with Crippen LogP contribution in [0.4, 0.5) is 19.0 Å². The van der Waals surface area contributed by atoms with E-state index in [0.29, 0.717) is 0 Å². The number of ether oxygens (including phenoxy) is 1. The lowest BCUT2D eigenvalue weighted by molar-refractivity contribution is -0.302. The largest absolute Gasteiger partial charge is 0.422 e. The number of halogens is 3. The van der Waals surface area contributed by atoms with E-state index in [-0.39, 0.29) is 22.3 Å². The minimum Gasteiger partial charge on any atom is -0.413 e. The Hall–Kier alpha value is -1.22. The van der Waals surface area contributed by atoms with Crippen LogP contribution in [0.15, 0.2) is 17.1 Å². The van der Waals surface area contributed by atoms with Crippen LogP contribution in [0.3, 0.4) is 0 Å². The predicted octanol–water partition coefficient (Wildman–Crippen LogP) is 5.46. The minimum atomic E-state index is -4.80. The maximum atomic E-state index is 14.9. The second kappa shape index (κ2) is 9.02. The summed E-state index contributed by atoms with van der Waals surface area (Å²) >= 11 is 0. The highest BCUT2D eigenvalue weighted by molar-refractivity contribution is 6.74. The maximum Gasteiger partial charge on any atom is 0.422 e. The summed E-state index contributed by atoms with van der Waals surface area (Å²) in [5.41, 5.74) is 2.05. The second-order valence-electron chi connectivity index (χ2n) is 12.2. The number of nitrogen functional groups attached to an aromatic ring is 1. The molecule has 1 aliphatic rings. The summed E-state index contributed by atoms with van der Waals surface area (Å²) in [6.07, 6.45) is -6.24. The number of anilines is 1. The van der Waals surface area contributed by atoms with Crippen molar-refractivity contribution in [2.45, 2.75) is 108 Å². The molecule has 0 amide bonds. The number of nitrogens with zero attached hydrogens (tertiary/aromatic N) is 2. The van der Waals surface area contributed by atoms with E-state index in [2.05, 4.69) is 4.98 Å². The van der Waals surface area contributed by atoms with Gasteiger partial charge in [0.25, 0.3) is 0 Å². The molecule has 0 aliphatic carbocycles. The Balaban J connectivity index is 2.59. The van der Waals surface area contributed by atoms with Crippen molar-refractivity contribution in [2.24, 2.45) is 0 Å². The summed E-state index contributed by atoms with van der Waals surface area (Å²) in [6.45, 7) is 18.6. The molecular weight excluding hydrogens is 483 g/mol. The molecule has 1 aliphatic heterocycles. The zero-order valence-corrected chi connectivity index (χ0v) is 24.0. The lowest BCUT2D eigenvalue weighted by atomic mass is 9.97. The van der Waals surface area contributed by atoms with Gasteiger partial charge in [-0.25, -0.2) is 4.79 Å². The molecule has 1 fully saturated rings. The van der Waals surface area contributed by atoms with Gasteiger partial charge in [0.1, 0.15) is 12.0 Å². The SMILES string of the molecule is CC(C)(C)[Si](C)(C)OC[C@@]1(C(F)(F)F)O[C@@H](n2ccc(N)nc2=O)C[C@@H]1O[Si](C)(C)C(C)(C)C. The number of aromatic nitrogens is 2. The Morgan fingerprint density at radius 2 is 1.65 bits per heavy atom. The topological polar surface area (TPSA) is 88.6 Å². The Kier molecular flexibility index (Phi) is 7.70. The lowest BCUT2D eigenvalue weighted by Crippen LogP contribution is -2.61. The third-order valence-electron chi connectivity index (χ3n) is 7.62. The van der Waals surface area contributed by atoms with Crippen LogP contribution in [0.25, 0.3) is 0 Å². The summed E-state index contributed by atoms with van der Waals surface area (Å²) in [7, 11) is -5.21. The highest BCUT2D eigenvalue weighted by Crippen LogP contribution is 2.51. The summed E-state index contributed by atoms with van der Waals surface area (Å²) in [5, 5.41) is -0.631. The van der Waals surface area contributed by atoms with E-state index in [1.807, 2.05) is 67.7 Å². The third kappa shape index (κ3) is 5.61. The summed E-state index contributed by atoms with van der Waals surface area (Å²) in [6, 6.07) is 1.36. The lowest BCUT2D eigenvalue weighted by Gasteiger charge is -2.45. The van der Waals surface area contributed by atoms with E-state index in [1.54, 1.807) is 0 Å². The third-order valence-corrected chi connectivity index (χ3v) is 16.6. The molecule has 3 atom stereocenters. The molecule has 0 radical (unpaired) electrons. The molecule has 7 nitrogen and oxygen atoms in total. The monoisotopic (exact) mass is 523 g/mol. The fourth-order valence-corrected chi connectivity index (χ4v) is 5.55. The Morgan fingerprint density at radius 1 is 1.12 bits per heavy atom. The quantitative estimate of drug-likeness (QED) is 0.498. The van der Waals surface area contributed by atoms with Gasteiger partial charge in [0.05, 0.1) is 12.7 Å². The molecule has 0 bridgehead atoms. The molecule has 2 heterocycles. The maximum absolute atomic E-state index is 14.9. The first-order valence-electron chi connectivity index (χ1n) is 11.5. The smallest absolute Gasteiger partial charge is 0.413 e. The molecule has 12 heteroatoms. The number of hydrogen-bond acceptors (Lipinski definition) is 6. The minimum absolute atomic E-state index is 0.0170. The summed E-state index contributed by atoms with van der Waals surface area (Å²) in [4.78, 5) is 16.1. The van der Waals surface area contributed by atoms with Gasteiger partial charge in [0.2, 0.25) is 5.60 Å². The molecule has 1 aromatic heterocycles. The molecule has 0 saturated carbocycles. The van der Waals surface area contributed by atoms with Crippen molar-refractivity contribution in [2.75, 3.05) is 12.3 Å². The van der Waals surface area contributed by atoms with E-state index in [0.717, 1.165) is 4.57 Å². The van der Waals surface area contributed by atoms with Crippen LogP contribution < -0.4 is 11.4 Å². The first-order valence-corrected chi connectivity index (χ1v) is 17.3. The van der Waals surface area contributed by atoms with Gasteiger partial charge in [-0.15, -0.1) is 0 Å². The van der Waals surface area contributed by atoms with Crippen molar-refractivity contribution in [3.05, 3.63) is 22.7 Å². The van der Waals surface area contributed by atoms with Crippen molar-refractivity contribution in [3.8, 4) is 0 Å². The first-order chi connectivity index (χ1) is 15.0. The zero-order chi connectivity index (χ0) is 26.5. The van der Waals surface area contributed by atoms with Gasteiger partial charge in [-0.3, -0.25) is 4.57 Å². The van der Waals surface area contributed by atoms with Gasteiger partial charge < -0.3 is 19.3 Å². The molecular formula is C22H40F3N3O4Si2. The molecule has 2 N–H and O–H groups in total. The average molecular weight is 524 g/mol. The van der Waals surface area contributed by atoms with E-state index in [1.165, 1.54) is 12.3 Å². The highest BCUT2D eigenvalue weighted by atomic mass is 28.4. The van der Waals surface area contributed by atoms with Gasteiger partial charge in [0, 0.05) is 12.6 Å². The number of hydrogen-bond donors (Lipinski definition) is 1. The summed E-state index contributed by atoms with van der Waals surface area (Å²) in [5.74, 6) is -0.0170. The van der Waals surface area contributed by atoms with Crippen molar-refractivity contribution < 1.29 is 26.8 Å². The van der Waals surface area contributed by atoms with Crippen LogP contribution >= 0.6 is 0 Å². The predicted molar refractivity (Wildman–Crippen MR) is 132 cm³/mol. The second-order valence-corrected chi connectivity index (χ2v) is 21.7. The Bertz CT molecular complexity index is 939. The van der Waals surface area contributed by atoms with Crippen molar-refractivity contribution in [3.63, 3.8) is 0 Å². The Labute approximate surface area is 202 Å². The highest BCUT2D eigenvalue weighted by Gasteiger charge is 2.68. The molecule has 2 rings (SSSR count). The van der Waals surface area contributed by atoms with E-state index in [4.69, 9.17) is 19.3 Å². The molecule has 0 unspecified atom stereocenters. The molecule has 1 saturated heterocycles. The van der Waals surface area contributed by atoms with Crippen molar-refractivity contribution in [1.82, 2.24) is 9.55 Å². The molecule has 1 aromatic rings. The van der Waals surface area contributed by atoms with E-state index >= 15 is 0 Å². The number of alkyl halides is 3. The van der Waals surface area contributed by atoms with Crippen molar-refractivity contribution in [1.29, 1.82) is 0 Å². The van der Waals surface area contributed by atoms with Gasteiger partial charge in [0.15, 0.2) is 16.6 Å². The normalized spacial score (nSPS) is 25.1. The van der Waals surface area contributed by atoms with E-state index in [9.17, 15) is 18.0 Å². The van der Waals surface area contributed by atoms with Crippen LogP contribution in [0.1, 0.15) is 54.2 Å². The van der Waals surface area contributed by atoms with Crippen LogP contribution in [0.5, 0.6) is 0 Å². The van der Waals surface area contributed by atoms with Gasteiger partial charge in [-0.1, -0.05) is 41.5 Å². The van der Waals surface area contributed by atoms with Crippen LogP contribution in [-0.2, 0) is 13.6 Å². The number of rotatable bonds is 6. The summed E-state index contributed by atoms with van der Waals surface area (Å²) < 4.78 is 63.9. The van der Waals surface area contributed by atoms with Crippen LogP contribution in [-0.4, -0.2) is 50.7 Å². The van der Waals surface area contributed by atoms with Gasteiger partial charge >= 0.3 is 11.9 Å². The fourth-order valence-electron chi connectivity index (χ4n) is 3.19. The fraction of sp³-hybridized carbons (Fsp3) is 0.818. The molecule has 196 valence electrons. The zero-order valence-electron chi connectivity index (χ0n) is 22.0. The van der Waals surface area contributed by atoms with Gasteiger partial charge in [-0.2, -0.15) is 18.2 Å². The molecule has 0 spiro atoms. The van der Waals surface area contributed by atoms with E-state index < -0.39 is 53.0 Å². The van der Waals surface area contributed by atoms with Crippen LogP contribution in [0.2, 0.25) is 36.3 Å². The first kappa shape index (κ1) is 29.0. The Morgan fingerprint density at radius 3 is 2.09 bits per heavy atom. The van der Waals surface area contributed by atoms with Crippen molar-refractivity contribution >= 4 is 22.5 Å². The average Bonchev–Trinajstić information content (AvgIpc) is 2.96. The van der Waals surface area contributed by atoms with Crippen LogP contribution in [0, 0.1) is 0 Å². The standard InChI is InChI=1S/C22H40F3N3O4Si2/c1-19(2,3)33(7,8)30-14-21(22(23,24)25)15(32-34(9,10)20(4,5)6)13-17(31-21)28-12-11-16(26)27-18(28)29/h11-12,15,17H,13-14H2,1-10H3,(H2,26,27,29)/t15-,17+,21+/m0/s1. The van der Waals surface area contributed by atoms with Gasteiger partial charge in [-0.05, 0) is 42.3 Å². The number of nitrogens with two attached hydrogens (primary N) is 1.